The number of halogens is 5. The van der Waals surface area contributed by atoms with Crippen molar-refractivity contribution in [3.63, 3.8) is 0 Å². The fraction of sp³-hybridized carbons (Fsp3) is 0.143. The zero-order chi connectivity index (χ0) is 15.6. The van der Waals surface area contributed by atoms with E-state index in [9.17, 15) is 22.0 Å². The number of hydrogen-bond donors (Lipinski definition) is 2. The molecular formula is C14H11F5N2. The molecule has 0 heterocycles. The molecule has 2 aromatic carbocycles. The lowest BCUT2D eigenvalue weighted by Crippen LogP contribution is -2.30. The first-order chi connectivity index (χ1) is 9.84. The number of nitrogens with one attached hydrogen (secondary N) is 1. The van der Waals surface area contributed by atoms with Crippen LogP contribution in [0.15, 0.2) is 42.5 Å². The van der Waals surface area contributed by atoms with Crippen molar-refractivity contribution >= 4 is 0 Å². The lowest BCUT2D eigenvalue weighted by atomic mass is 9.96. The van der Waals surface area contributed by atoms with Crippen LogP contribution in [0, 0.1) is 11.6 Å². The smallest absolute Gasteiger partial charge is 0.271 e. The number of rotatable bonds is 3. The summed E-state index contributed by atoms with van der Waals surface area (Å²) in [6, 6.07) is 6.82. The van der Waals surface area contributed by atoms with E-state index in [0.717, 1.165) is 12.1 Å². The molecule has 0 aromatic heterocycles. The van der Waals surface area contributed by atoms with Crippen molar-refractivity contribution in [2.75, 3.05) is 0 Å². The summed E-state index contributed by atoms with van der Waals surface area (Å²) in [6.45, 7) is 0. The lowest BCUT2D eigenvalue weighted by molar-refractivity contribution is -0.140. The second-order valence-corrected chi connectivity index (χ2v) is 4.36. The third-order valence-electron chi connectivity index (χ3n) is 2.99. The van der Waals surface area contributed by atoms with E-state index in [2.05, 4.69) is 5.43 Å². The van der Waals surface area contributed by atoms with Gasteiger partial charge in [-0.2, -0.15) is 13.2 Å². The number of benzene rings is 2. The fourth-order valence-corrected chi connectivity index (χ4v) is 2.04. The third-order valence-corrected chi connectivity index (χ3v) is 2.99. The molecule has 1 atom stereocenters. The molecule has 21 heavy (non-hydrogen) atoms. The minimum Gasteiger partial charge on any atom is -0.271 e. The van der Waals surface area contributed by atoms with E-state index in [-0.39, 0.29) is 11.1 Å². The van der Waals surface area contributed by atoms with Gasteiger partial charge < -0.3 is 0 Å². The Bertz CT molecular complexity index is 640. The zero-order valence-electron chi connectivity index (χ0n) is 10.6. The second-order valence-electron chi connectivity index (χ2n) is 4.36. The van der Waals surface area contributed by atoms with Crippen LogP contribution in [0.3, 0.4) is 0 Å². The first-order valence-electron chi connectivity index (χ1n) is 5.91. The van der Waals surface area contributed by atoms with Gasteiger partial charge in [0.1, 0.15) is 11.6 Å². The summed E-state index contributed by atoms with van der Waals surface area (Å²) in [5.41, 5.74) is 0.726. The molecule has 0 aliphatic rings. The van der Waals surface area contributed by atoms with Crippen LogP contribution in [0.25, 0.3) is 0 Å². The minimum atomic E-state index is -4.82. The first-order valence-corrected chi connectivity index (χ1v) is 5.91. The largest absolute Gasteiger partial charge is 0.419 e. The summed E-state index contributed by atoms with van der Waals surface area (Å²) >= 11 is 0. The topological polar surface area (TPSA) is 38.0 Å². The van der Waals surface area contributed by atoms with E-state index in [0.29, 0.717) is 6.07 Å². The maximum atomic E-state index is 14.1. The molecule has 2 rings (SSSR count). The van der Waals surface area contributed by atoms with Gasteiger partial charge in [0.15, 0.2) is 0 Å². The molecule has 2 aromatic rings. The van der Waals surface area contributed by atoms with Crippen LogP contribution in [-0.4, -0.2) is 0 Å². The van der Waals surface area contributed by atoms with Crippen molar-refractivity contribution in [3.05, 3.63) is 70.8 Å². The molecule has 0 aliphatic carbocycles. The maximum Gasteiger partial charge on any atom is 0.419 e. The Kier molecular flexibility index (Phi) is 4.24. The van der Waals surface area contributed by atoms with E-state index in [1.165, 1.54) is 24.3 Å². The molecule has 0 fully saturated rings. The normalized spacial score (nSPS) is 13.2. The Hall–Kier alpha value is -1.99. The van der Waals surface area contributed by atoms with Gasteiger partial charge >= 0.3 is 6.18 Å². The van der Waals surface area contributed by atoms with Gasteiger partial charge in [-0.05, 0) is 23.8 Å². The van der Waals surface area contributed by atoms with Gasteiger partial charge in [0.2, 0.25) is 0 Å². The van der Waals surface area contributed by atoms with Crippen molar-refractivity contribution < 1.29 is 22.0 Å². The maximum absolute atomic E-state index is 14.1. The Morgan fingerprint density at radius 1 is 1.00 bits per heavy atom. The number of hydrogen-bond acceptors (Lipinski definition) is 2. The molecule has 3 N–H and O–H groups in total. The SMILES string of the molecule is NNC(c1cccc(F)c1)c1cccc(C(F)(F)F)c1F. The summed E-state index contributed by atoms with van der Waals surface area (Å²) in [7, 11) is 0. The van der Waals surface area contributed by atoms with E-state index in [1.807, 2.05) is 0 Å². The van der Waals surface area contributed by atoms with Crippen LogP contribution in [0.4, 0.5) is 22.0 Å². The van der Waals surface area contributed by atoms with Crippen LogP contribution in [0.5, 0.6) is 0 Å². The lowest BCUT2D eigenvalue weighted by Gasteiger charge is -2.19. The van der Waals surface area contributed by atoms with Crippen molar-refractivity contribution in [2.24, 2.45) is 5.84 Å². The summed E-state index contributed by atoms with van der Waals surface area (Å²) in [5.74, 6) is 3.26. The van der Waals surface area contributed by atoms with Crippen LogP contribution >= 0.6 is 0 Å². The number of alkyl halides is 3. The molecule has 1 unspecified atom stereocenters. The van der Waals surface area contributed by atoms with Crippen molar-refractivity contribution in [3.8, 4) is 0 Å². The average molecular weight is 302 g/mol. The molecule has 0 bridgehead atoms. The number of nitrogens with two attached hydrogens (primary N) is 1. The summed E-state index contributed by atoms with van der Waals surface area (Å²) < 4.78 is 65.4. The molecule has 112 valence electrons. The molecule has 0 saturated carbocycles. The Balaban J connectivity index is 2.54. The van der Waals surface area contributed by atoms with Gasteiger partial charge in [-0.15, -0.1) is 0 Å². The summed E-state index contributed by atoms with van der Waals surface area (Å²) in [5, 5.41) is 0. The monoisotopic (exact) mass is 302 g/mol. The third kappa shape index (κ3) is 3.20. The molecule has 2 nitrogen and oxygen atoms in total. The van der Waals surface area contributed by atoms with Crippen LogP contribution in [0.1, 0.15) is 22.7 Å². The number of hydrazine groups is 1. The molecule has 0 spiro atoms. The highest BCUT2D eigenvalue weighted by molar-refractivity contribution is 5.36. The highest BCUT2D eigenvalue weighted by Gasteiger charge is 2.35. The highest BCUT2D eigenvalue weighted by atomic mass is 19.4. The first kappa shape index (κ1) is 15.4. The highest BCUT2D eigenvalue weighted by Crippen LogP contribution is 2.35. The molecular weight excluding hydrogens is 291 g/mol. The Morgan fingerprint density at radius 2 is 1.67 bits per heavy atom. The van der Waals surface area contributed by atoms with E-state index >= 15 is 0 Å². The molecule has 7 heteroatoms. The Morgan fingerprint density at radius 3 is 2.24 bits per heavy atom. The summed E-state index contributed by atoms with van der Waals surface area (Å²) in [6.07, 6.45) is -4.82. The quantitative estimate of drug-likeness (QED) is 0.517. The molecule has 0 saturated heterocycles. The van der Waals surface area contributed by atoms with Crippen LogP contribution in [-0.2, 0) is 6.18 Å². The van der Waals surface area contributed by atoms with Crippen LogP contribution in [0.2, 0.25) is 0 Å². The van der Waals surface area contributed by atoms with Crippen molar-refractivity contribution in [2.45, 2.75) is 12.2 Å². The minimum absolute atomic E-state index is 0.218. The zero-order valence-corrected chi connectivity index (χ0v) is 10.6. The molecule has 0 aliphatic heterocycles. The Labute approximate surface area is 117 Å². The van der Waals surface area contributed by atoms with Gasteiger partial charge in [0, 0.05) is 5.56 Å². The van der Waals surface area contributed by atoms with Gasteiger partial charge in [-0.3, -0.25) is 5.84 Å². The standard InChI is InChI=1S/C14H11F5N2/c15-9-4-1-3-8(7-9)13(21-20)10-5-2-6-11(12(10)16)14(17,18)19/h1-7,13,21H,20H2. The molecule has 0 radical (unpaired) electrons. The average Bonchev–Trinajstić information content (AvgIpc) is 2.40. The van der Waals surface area contributed by atoms with E-state index in [1.54, 1.807) is 0 Å². The van der Waals surface area contributed by atoms with Crippen molar-refractivity contribution in [1.29, 1.82) is 0 Å². The van der Waals surface area contributed by atoms with Gasteiger partial charge in [-0.1, -0.05) is 24.3 Å². The van der Waals surface area contributed by atoms with Crippen molar-refractivity contribution in [1.82, 2.24) is 5.43 Å². The van der Waals surface area contributed by atoms with E-state index < -0.39 is 29.4 Å². The van der Waals surface area contributed by atoms with Gasteiger partial charge in [-0.25, -0.2) is 14.2 Å². The van der Waals surface area contributed by atoms with Crippen LogP contribution < -0.4 is 11.3 Å². The van der Waals surface area contributed by atoms with E-state index in [4.69, 9.17) is 5.84 Å². The summed E-state index contributed by atoms with van der Waals surface area (Å²) in [4.78, 5) is 0. The molecule has 0 amide bonds. The second kappa shape index (κ2) is 5.79. The predicted molar refractivity (Wildman–Crippen MR) is 67.0 cm³/mol. The van der Waals surface area contributed by atoms with Gasteiger partial charge in [0.25, 0.3) is 0 Å². The predicted octanol–water partition coefficient (Wildman–Crippen LogP) is 3.54. The van der Waals surface area contributed by atoms with Gasteiger partial charge in [0.05, 0.1) is 11.6 Å². The fourth-order valence-electron chi connectivity index (χ4n) is 2.04.